The van der Waals surface area contributed by atoms with Crippen LogP contribution in [0.4, 0.5) is 0 Å². The molecule has 2 aromatic heterocycles. The van der Waals surface area contributed by atoms with E-state index in [2.05, 4.69) is 38.4 Å². The highest BCUT2D eigenvalue weighted by Gasteiger charge is 2.13. The van der Waals surface area contributed by atoms with Gasteiger partial charge in [-0.1, -0.05) is 53.7 Å². The van der Waals surface area contributed by atoms with Gasteiger partial charge in [-0.15, -0.1) is 0 Å². The average Bonchev–Trinajstić information content (AvgIpc) is 3.28. The van der Waals surface area contributed by atoms with Gasteiger partial charge >= 0.3 is 0 Å². The molecule has 0 aliphatic carbocycles. The Kier molecular flexibility index (Phi) is 6.00. The zero-order valence-electron chi connectivity index (χ0n) is 15.6. The first kappa shape index (κ1) is 19.1. The topological polar surface area (TPSA) is 44.9 Å². The first-order valence-corrected chi connectivity index (χ1v) is 10.4. The molecule has 0 bridgehead atoms. The number of ether oxygens (including phenoxy) is 1. The van der Waals surface area contributed by atoms with Crippen molar-refractivity contribution in [3.8, 4) is 0 Å². The van der Waals surface area contributed by atoms with E-state index in [1.165, 1.54) is 5.56 Å². The van der Waals surface area contributed by atoms with Crippen molar-refractivity contribution >= 4 is 34.4 Å². The summed E-state index contributed by atoms with van der Waals surface area (Å²) in [5, 5.41) is 1.64. The summed E-state index contributed by atoms with van der Waals surface area (Å²) < 4.78 is 9.65. The third-order valence-electron chi connectivity index (χ3n) is 4.52. The van der Waals surface area contributed by atoms with Crippen molar-refractivity contribution in [2.75, 3.05) is 13.7 Å². The molecular weight excluding hydrogens is 392 g/mol. The molecular formula is C21H21ClN4OS. The maximum atomic E-state index is 6.15. The Morgan fingerprint density at radius 1 is 1.14 bits per heavy atom. The van der Waals surface area contributed by atoms with E-state index >= 15 is 0 Å². The van der Waals surface area contributed by atoms with Crippen molar-refractivity contribution in [2.45, 2.75) is 24.0 Å². The van der Waals surface area contributed by atoms with Crippen LogP contribution in [0.2, 0.25) is 5.02 Å². The van der Waals surface area contributed by atoms with Gasteiger partial charge in [0.2, 0.25) is 0 Å². The molecule has 2 heterocycles. The van der Waals surface area contributed by atoms with Crippen LogP contribution in [0.5, 0.6) is 0 Å². The van der Waals surface area contributed by atoms with E-state index in [4.69, 9.17) is 21.3 Å². The van der Waals surface area contributed by atoms with E-state index in [1.807, 2.05) is 36.7 Å². The molecule has 4 aromatic rings. The molecule has 144 valence electrons. The SMILES string of the molecule is COCCn1c(SCc2nccn2Cc2ccccc2)nc2cc(Cl)ccc21. The maximum absolute atomic E-state index is 6.15. The minimum Gasteiger partial charge on any atom is -0.383 e. The lowest BCUT2D eigenvalue weighted by molar-refractivity contribution is 0.186. The minimum absolute atomic E-state index is 0.629. The maximum Gasteiger partial charge on any atom is 0.169 e. The molecule has 0 amide bonds. The number of nitrogens with zero attached hydrogens (tertiary/aromatic N) is 4. The summed E-state index contributed by atoms with van der Waals surface area (Å²) in [5.74, 6) is 1.77. The van der Waals surface area contributed by atoms with Crippen LogP contribution in [-0.2, 0) is 23.6 Å². The van der Waals surface area contributed by atoms with Gasteiger partial charge < -0.3 is 13.9 Å². The quantitative estimate of drug-likeness (QED) is 0.387. The molecule has 4 rings (SSSR count). The van der Waals surface area contributed by atoms with E-state index in [0.29, 0.717) is 11.6 Å². The summed E-state index contributed by atoms with van der Waals surface area (Å²) in [6.45, 7) is 2.19. The summed E-state index contributed by atoms with van der Waals surface area (Å²) in [6.07, 6.45) is 3.88. The second-order valence-corrected chi connectivity index (χ2v) is 7.80. The fourth-order valence-corrected chi connectivity index (χ4v) is 4.30. The molecule has 28 heavy (non-hydrogen) atoms. The number of halogens is 1. The number of thioether (sulfide) groups is 1. The molecule has 0 saturated carbocycles. The number of methoxy groups -OCH3 is 1. The summed E-state index contributed by atoms with van der Waals surface area (Å²) in [7, 11) is 1.71. The number of hydrogen-bond acceptors (Lipinski definition) is 4. The predicted molar refractivity (Wildman–Crippen MR) is 114 cm³/mol. The van der Waals surface area contributed by atoms with E-state index in [9.17, 15) is 0 Å². The lowest BCUT2D eigenvalue weighted by Gasteiger charge is -2.10. The Morgan fingerprint density at radius 3 is 2.82 bits per heavy atom. The largest absolute Gasteiger partial charge is 0.383 e. The standard InChI is InChI=1S/C21H21ClN4OS/c1-27-12-11-26-19-8-7-17(22)13-18(19)24-21(26)28-15-20-23-9-10-25(20)14-16-5-3-2-4-6-16/h2-10,13H,11-12,14-15H2,1H3. The van der Waals surface area contributed by atoms with Crippen LogP contribution in [-0.4, -0.2) is 32.8 Å². The number of hydrogen-bond donors (Lipinski definition) is 0. The number of imidazole rings is 2. The van der Waals surface area contributed by atoms with Crippen molar-refractivity contribution in [2.24, 2.45) is 0 Å². The molecule has 0 radical (unpaired) electrons. The third kappa shape index (κ3) is 4.24. The van der Waals surface area contributed by atoms with Crippen LogP contribution in [0.25, 0.3) is 11.0 Å². The highest BCUT2D eigenvalue weighted by molar-refractivity contribution is 7.98. The van der Waals surface area contributed by atoms with Crippen LogP contribution in [0, 0.1) is 0 Å². The molecule has 7 heteroatoms. The Hall–Kier alpha value is -2.28. The first-order valence-electron chi connectivity index (χ1n) is 9.06. The van der Waals surface area contributed by atoms with E-state index in [-0.39, 0.29) is 0 Å². The van der Waals surface area contributed by atoms with Gasteiger partial charge in [-0.25, -0.2) is 9.97 Å². The zero-order valence-corrected chi connectivity index (χ0v) is 17.2. The lowest BCUT2D eigenvalue weighted by atomic mass is 10.2. The highest BCUT2D eigenvalue weighted by atomic mass is 35.5. The van der Waals surface area contributed by atoms with Crippen LogP contribution in [0.3, 0.4) is 0 Å². The molecule has 0 aliphatic heterocycles. The zero-order chi connectivity index (χ0) is 19.3. The van der Waals surface area contributed by atoms with Crippen molar-refractivity contribution in [1.29, 1.82) is 0 Å². The lowest BCUT2D eigenvalue weighted by Crippen LogP contribution is -2.07. The number of rotatable bonds is 8. The van der Waals surface area contributed by atoms with Gasteiger partial charge in [0.15, 0.2) is 5.16 Å². The normalized spacial score (nSPS) is 11.4. The number of aromatic nitrogens is 4. The predicted octanol–water partition coefficient (Wildman–Crippen LogP) is 4.87. The van der Waals surface area contributed by atoms with E-state index in [1.54, 1.807) is 18.9 Å². The van der Waals surface area contributed by atoms with Gasteiger partial charge in [-0.05, 0) is 23.8 Å². The number of fused-ring (bicyclic) bond motifs is 1. The van der Waals surface area contributed by atoms with Gasteiger partial charge in [0.05, 0.1) is 23.4 Å². The van der Waals surface area contributed by atoms with E-state index in [0.717, 1.165) is 40.9 Å². The molecule has 0 N–H and O–H groups in total. The molecule has 0 atom stereocenters. The van der Waals surface area contributed by atoms with Crippen molar-refractivity contribution in [3.05, 3.63) is 77.3 Å². The molecule has 0 fully saturated rings. The summed E-state index contributed by atoms with van der Waals surface area (Å²) in [6, 6.07) is 16.2. The van der Waals surface area contributed by atoms with Gasteiger partial charge in [0.25, 0.3) is 0 Å². The number of benzene rings is 2. The van der Waals surface area contributed by atoms with Crippen molar-refractivity contribution < 1.29 is 4.74 Å². The second-order valence-electron chi connectivity index (χ2n) is 6.42. The van der Waals surface area contributed by atoms with Crippen LogP contribution < -0.4 is 0 Å². The summed E-state index contributed by atoms with van der Waals surface area (Å²) >= 11 is 7.83. The van der Waals surface area contributed by atoms with Crippen LogP contribution >= 0.6 is 23.4 Å². The van der Waals surface area contributed by atoms with Crippen molar-refractivity contribution in [1.82, 2.24) is 19.1 Å². The monoisotopic (exact) mass is 412 g/mol. The van der Waals surface area contributed by atoms with Gasteiger partial charge in [0.1, 0.15) is 5.82 Å². The molecule has 2 aromatic carbocycles. The third-order valence-corrected chi connectivity index (χ3v) is 5.73. The molecule has 0 spiro atoms. The molecule has 0 saturated heterocycles. The fraction of sp³-hybridized carbons (Fsp3) is 0.238. The smallest absolute Gasteiger partial charge is 0.169 e. The summed E-state index contributed by atoms with van der Waals surface area (Å²) in [5.41, 5.74) is 3.23. The van der Waals surface area contributed by atoms with Gasteiger partial charge in [0, 0.05) is 37.6 Å². The van der Waals surface area contributed by atoms with Crippen LogP contribution in [0.1, 0.15) is 11.4 Å². The fourth-order valence-electron chi connectivity index (χ4n) is 3.12. The van der Waals surface area contributed by atoms with Crippen molar-refractivity contribution in [3.63, 3.8) is 0 Å². The average molecular weight is 413 g/mol. The Balaban J connectivity index is 1.55. The molecule has 0 aliphatic rings. The Labute approximate surface area is 173 Å². The highest BCUT2D eigenvalue weighted by Crippen LogP contribution is 2.28. The molecule has 0 unspecified atom stereocenters. The van der Waals surface area contributed by atoms with Gasteiger partial charge in [-0.3, -0.25) is 0 Å². The second kappa shape index (κ2) is 8.82. The molecule has 5 nitrogen and oxygen atoms in total. The Morgan fingerprint density at radius 2 is 2.00 bits per heavy atom. The summed E-state index contributed by atoms with van der Waals surface area (Å²) in [4.78, 5) is 9.33. The Bertz CT molecular complexity index is 1060. The van der Waals surface area contributed by atoms with Crippen LogP contribution in [0.15, 0.2) is 66.1 Å². The first-order chi connectivity index (χ1) is 13.7. The van der Waals surface area contributed by atoms with Gasteiger partial charge in [-0.2, -0.15) is 0 Å². The minimum atomic E-state index is 0.629. The van der Waals surface area contributed by atoms with E-state index < -0.39 is 0 Å².